The van der Waals surface area contributed by atoms with E-state index in [0.717, 1.165) is 0 Å². The van der Waals surface area contributed by atoms with Gasteiger partial charge in [-0.15, -0.1) is 0 Å². The number of hydrogen-bond acceptors (Lipinski definition) is 3. The predicted octanol–water partition coefficient (Wildman–Crippen LogP) is 2.36. The summed E-state index contributed by atoms with van der Waals surface area (Å²) in [4.78, 5) is 7.58. The van der Waals surface area contributed by atoms with E-state index >= 15 is 0 Å². The topological polar surface area (TPSA) is 62.7 Å². The fourth-order valence-corrected chi connectivity index (χ4v) is 0.769. The monoisotopic (exact) mass is 387 g/mol. The molecule has 0 unspecified atom stereocenters. The first-order valence-corrected chi connectivity index (χ1v) is 2.79. The van der Waals surface area contributed by atoms with E-state index < -0.39 is 0 Å². The van der Waals surface area contributed by atoms with Crippen LogP contribution in [0.3, 0.4) is 0 Å². The molecule has 0 spiro atoms. The molecule has 0 bridgehead atoms. The molecule has 1 N–H and O–H groups in total. The van der Waals surface area contributed by atoms with Crippen LogP contribution in [0.2, 0.25) is 0 Å². The smallest absolute Gasteiger partial charge is 0.463 e. The molecule has 12 heavy (non-hydrogen) atoms. The average Bonchev–Trinajstić information content (AvgIpc) is 2.27. The van der Waals surface area contributed by atoms with E-state index in [2.05, 4.69) is 9.97 Å². The zero-order valence-corrected chi connectivity index (χ0v) is 10.7. The zero-order chi connectivity index (χ0) is 6.97. The van der Waals surface area contributed by atoms with E-state index in [9.17, 15) is 0 Å². The molecule has 0 amide bonds. The molecule has 2 rings (SSSR count). The van der Waals surface area contributed by atoms with Gasteiger partial charge in [-0.2, -0.15) is 0 Å². The maximum atomic E-state index is 7.01. The molecule has 0 saturated carbocycles. The Labute approximate surface area is 93.9 Å². The summed E-state index contributed by atoms with van der Waals surface area (Å²) in [5.41, 5.74) is 8.06. The van der Waals surface area contributed by atoms with Gasteiger partial charge >= 0.3 is 31.1 Å². The normalized spacial score (nSPS) is 8.67. The Kier molecular flexibility index (Phi) is 4.29. The van der Waals surface area contributed by atoms with E-state index in [1.165, 1.54) is 0 Å². The molecule has 0 atom stereocenters. The van der Waals surface area contributed by atoms with Crippen LogP contribution in [0, 0.1) is 38.5 Å². The number of aromatic nitrogens is 2. The van der Waals surface area contributed by atoms with Crippen molar-refractivity contribution in [1.29, 1.82) is 0 Å². The van der Waals surface area contributed by atoms with Crippen LogP contribution in [0.4, 0.5) is 6.01 Å². The van der Waals surface area contributed by atoms with Crippen molar-refractivity contribution in [3.05, 3.63) is 31.5 Å². The third-order valence-electron chi connectivity index (χ3n) is 1.16. The van der Waals surface area contributed by atoms with Gasteiger partial charge in [0.2, 0.25) is 0 Å². The molecular formula is C7H7N3OU. The van der Waals surface area contributed by atoms with E-state index in [0.29, 0.717) is 11.2 Å². The molecule has 0 radical (unpaired) electrons. The van der Waals surface area contributed by atoms with Gasteiger partial charge in [-0.25, -0.2) is 0 Å². The fraction of sp³-hybridized carbons (Fsp3) is 0. The molecule has 2 aromatic heterocycles. The summed E-state index contributed by atoms with van der Waals surface area (Å²) in [5.74, 6) is 0. The Bertz CT molecular complexity index is 327. The SMILES string of the molecule is [CH3-].[NH-]c1nc2ncccc2o1.[U+2]. The molecule has 4 nitrogen and oxygen atoms in total. The van der Waals surface area contributed by atoms with Gasteiger partial charge in [0.05, 0.1) is 5.65 Å². The first-order chi connectivity index (χ1) is 4.86. The minimum atomic E-state index is -0.0892. The number of nitrogens with one attached hydrogen (secondary N) is 1. The molecule has 0 aliphatic heterocycles. The van der Waals surface area contributed by atoms with Crippen LogP contribution in [0.5, 0.6) is 0 Å². The minimum Gasteiger partial charge on any atom is -0.463 e. The van der Waals surface area contributed by atoms with Crippen molar-refractivity contribution in [3.63, 3.8) is 0 Å². The molecule has 2 heterocycles. The standard InChI is InChI=1S/C6H4N3O.CH3.U/c7-6-9-5-4(10-6)2-1-3-8-5;;/h1-3H,(H-,7,8,9);1H3;/q2*-1;+2. The Morgan fingerprint density at radius 3 is 2.83 bits per heavy atom. The summed E-state index contributed by atoms with van der Waals surface area (Å²) in [5, 5.41) is 0. The van der Waals surface area contributed by atoms with Gasteiger partial charge in [-0.05, 0) is 12.1 Å². The Morgan fingerprint density at radius 2 is 2.17 bits per heavy atom. The van der Waals surface area contributed by atoms with Crippen molar-refractivity contribution in [2.45, 2.75) is 0 Å². The van der Waals surface area contributed by atoms with Crippen molar-refractivity contribution in [1.82, 2.24) is 9.97 Å². The second-order valence-electron chi connectivity index (χ2n) is 1.84. The van der Waals surface area contributed by atoms with Crippen LogP contribution in [0.15, 0.2) is 22.7 Å². The van der Waals surface area contributed by atoms with Crippen LogP contribution in [0.25, 0.3) is 17.0 Å². The summed E-state index contributed by atoms with van der Waals surface area (Å²) >= 11 is 0. The van der Waals surface area contributed by atoms with Crippen molar-refractivity contribution >= 4 is 17.2 Å². The summed E-state index contributed by atoms with van der Waals surface area (Å²) < 4.78 is 4.86. The predicted molar refractivity (Wildman–Crippen MR) is 42.2 cm³/mol. The van der Waals surface area contributed by atoms with Crippen LogP contribution >= 0.6 is 0 Å². The van der Waals surface area contributed by atoms with Crippen LogP contribution < -0.4 is 0 Å². The van der Waals surface area contributed by atoms with Gasteiger partial charge in [0.25, 0.3) is 0 Å². The molecule has 0 saturated heterocycles. The van der Waals surface area contributed by atoms with Gasteiger partial charge in [0, 0.05) is 6.20 Å². The summed E-state index contributed by atoms with van der Waals surface area (Å²) in [6.45, 7) is 0. The molecule has 0 fully saturated rings. The van der Waals surface area contributed by atoms with Crippen LogP contribution in [-0.4, -0.2) is 9.97 Å². The molecule has 5 heteroatoms. The summed E-state index contributed by atoms with van der Waals surface area (Å²) in [6, 6.07) is 3.38. The number of fused-ring (bicyclic) bond motifs is 1. The summed E-state index contributed by atoms with van der Waals surface area (Å²) in [6.07, 6.45) is 1.62. The van der Waals surface area contributed by atoms with Crippen molar-refractivity contribution in [3.8, 4) is 0 Å². The molecule has 60 valence electrons. The average molecular weight is 387 g/mol. The quantitative estimate of drug-likeness (QED) is 0.652. The maximum absolute atomic E-state index is 7.01. The molecule has 0 aliphatic rings. The van der Waals surface area contributed by atoms with Crippen LogP contribution in [-0.2, 0) is 0 Å². The van der Waals surface area contributed by atoms with Crippen molar-refractivity contribution in [2.24, 2.45) is 0 Å². The summed E-state index contributed by atoms with van der Waals surface area (Å²) in [7, 11) is 0. The second kappa shape index (κ2) is 4.49. The van der Waals surface area contributed by atoms with Crippen molar-refractivity contribution < 1.29 is 35.5 Å². The first kappa shape index (κ1) is 11.5. The van der Waals surface area contributed by atoms with E-state index in [1.807, 2.05) is 0 Å². The third kappa shape index (κ3) is 1.99. The fourth-order valence-electron chi connectivity index (χ4n) is 0.769. The molecule has 0 aliphatic carbocycles. The molecule has 2 aromatic rings. The van der Waals surface area contributed by atoms with E-state index in [-0.39, 0.29) is 44.6 Å². The van der Waals surface area contributed by atoms with E-state index in [1.54, 1.807) is 18.3 Å². The van der Waals surface area contributed by atoms with Gasteiger partial charge in [-0.1, -0.05) is 0 Å². The van der Waals surface area contributed by atoms with Crippen molar-refractivity contribution in [2.75, 3.05) is 0 Å². The molecular weight excluding hydrogens is 380 g/mol. The van der Waals surface area contributed by atoms with Gasteiger partial charge < -0.3 is 22.6 Å². The number of oxazole rings is 1. The maximum Gasteiger partial charge on any atom is 2.00 e. The van der Waals surface area contributed by atoms with E-state index in [4.69, 9.17) is 10.2 Å². The first-order valence-electron chi connectivity index (χ1n) is 2.79. The largest absolute Gasteiger partial charge is 2.00 e. The van der Waals surface area contributed by atoms with Gasteiger partial charge in [0.15, 0.2) is 0 Å². The number of nitrogens with zero attached hydrogens (tertiary/aromatic N) is 2. The number of pyridine rings is 1. The second-order valence-corrected chi connectivity index (χ2v) is 1.84. The van der Waals surface area contributed by atoms with Gasteiger partial charge in [-0.3, -0.25) is 4.98 Å². The zero-order valence-electron chi connectivity index (χ0n) is 6.53. The Balaban J connectivity index is 0.000000605. The Morgan fingerprint density at radius 1 is 1.42 bits per heavy atom. The van der Waals surface area contributed by atoms with Crippen LogP contribution in [0.1, 0.15) is 0 Å². The third-order valence-corrected chi connectivity index (χ3v) is 1.16. The molecule has 0 aromatic carbocycles. The minimum absolute atomic E-state index is 0. The Hall–Kier alpha value is -0.528. The number of hydrogen-bond donors (Lipinski definition) is 0. The van der Waals surface area contributed by atoms with Gasteiger partial charge in [0.1, 0.15) is 11.6 Å². The number of rotatable bonds is 0.